The Hall–Kier alpha value is -0.0300. The molecular formula is C11H27Cl2N3O. The molecule has 6 heteroatoms. The zero-order chi connectivity index (χ0) is 12.1. The van der Waals surface area contributed by atoms with Gasteiger partial charge in [0.25, 0.3) is 0 Å². The Morgan fingerprint density at radius 2 is 1.76 bits per heavy atom. The first kappa shape index (κ1) is 22.2. The third-order valence-corrected chi connectivity index (χ3v) is 2.43. The van der Waals surface area contributed by atoms with E-state index in [2.05, 4.69) is 31.0 Å². The molecule has 0 spiro atoms. The van der Waals surface area contributed by atoms with Crippen LogP contribution >= 0.6 is 24.8 Å². The van der Waals surface area contributed by atoms with Crippen molar-refractivity contribution in [3.8, 4) is 0 Å². The fourth-order valence-electron chi connectivity index (χ4n) is 1.36. The van der Waals surface area contributed by atoms with Crippen LogP contribution in [0.2, 0.25) is 0 Å². The van der Waals surface area contributed by atoms with E-state index in [0.29, 0.717) is 0 Å². The average molecular weight is 288 g/mol. The molecular weight excluding hydrogens is 261 g/mol. The molecule has 1 unspecified atom stereocenters. The van der Waals surface area contributed by atoms with Crippen LogP contribution in [0.15, 0.2) is 0 Å². The predicted octanol–water partition coefficient (Wildman–Crippen LogP) is 1.27. The van der Waals surface area contributed by atoms with E-state index in [0.717, 1.165) is 13.0 Å². The van der Waals surface area contributed by atoms with Gasteiger partial charge in [0.2, 0.25) is 5.91 Å². The molecule has 0 saturated heterocycles. The minimum Gasteiger partial charge on any atom is -0.352 e. The Balaban J connectivity index is -0.000000980. The van der Waals surface area contributed by atoms with E-state index in [1.807, 2.05) is 14.1 Å². The lowest BCUT2D eigenvalue weighted by Crippen LogP contribution is -2.47. The van der Waals surface area contributed by atoms with Crippen LogP contribution in [0.5, 0.6) is 0 Å². The zero-order valence-corrected chi connectivity index (χ0v) is 13.1. The summed E-state index contributed by atoms with van der Waals surface area (Å²) in [5, 5.41) is 2.97. The van der Waals surface area contributed by atoms with Crippen molar-refractivity contribution in [3.05, 3.63) is 0 Å². The minimum atomic E-state index is -0.0753. The summed E-state index contributed by atoms with van der Waals surface area (Å²) in [5.74, 6) is -0.0753. The molecule has 0 heterocycles. The van der Waals surface area contributed by atoms with Crippen LogP contribution < -0.4 is 11.1 Å². The van der Waals surface area contributed by atoms with Gasteiger partial charge in [0.05, 0.1) is 6.54 Å². The number of hydrogen-bond acceptors (Lipinski definition) is 3. The molecule has 0 aromatic heterocycles. The second kappa shape index (κ2) is 9.95. The normalized spacial score (nSPS) is 12.4. The summed E-state index contributed by atoms with van der Waals surface area (Å²) < 4.78 is 0. The maximum atomic E-state index is 11.3. The summed E-state index contributed by atoms with van der Waals surface area (Å²) >= 11 is 0. The molecule has 0 rings (SSSR count). The van der Waals surface area contributed by atoms with Crippen molar-refractivity contribution in [1.29, 1.82) is 0 Å². The van der Waals surface area contributed by atoms with Gasteiger partial charge in [-0.05, 0) is 32.5 Å². The molecule has 0 bridgehead atoms. The lowest BCUT2D eigenvalue weighted by atomic mass is 9.84. The number of nitrogens with one attached hydrogen (secondary N) is 1. The summed E-state index contributed by atoms with van der Waals surface area (Å²) in [7, 11) is 4.06. The molecule has 106 valence electrons. The highest BCUT2D eigenvalue weighted by atomic mass is 35.5. The van der Waals surface area contributed by atoms with E-state index in [4.69, 9.17) is 5.73 Å². The molecule has 0 radical (unpaired) electrons. The Bertz CT molecular complexity index is 205. The maximum absolute atomic E-state index is 11.3. The van der Waals surface area contributed by atoms with E-state index in [1.165, 1.54) is 0 Å². The predicted molar refractivity (Wildman–Crippen MR) is 78.1 cm³/mol. The monoisotopic (exact) mass is 287 g/mol. The third kappa shape index (κ3) is 10.8. The molecule has 4 nitrogen and oxygen atoms in total. The fourth-order valence-corrected chi connectivity index (χ4v) is 1.36. The molecule has 0 aliphatic carbocycles. The first-order chi connectivity index (χ1) is 6.77. The summed E-state index contributed by atoms with van der Waals surface area (Å²) in [6, 6.07) is 0.177. The van der Waals surface area contributed by atoms with Gasteiger partial charge in [0, 0.05) is 6.04 Å². The number of amides is 1. The molecule has 3 N–H and O–H groups in total. The quantitative estimate of drug-likeness (QED) is 0.801. The summed E-state index contributed by atoms with van der Waals surface area (Å²) in [4.78, 5) is 13.4. The number of nitrogens with zero attached hydrogens (tertiary/aromatic N) is 1. The number of rotatable bonds is 5. The van der Waals surface area contributed by atoms with Gasteiger partial charge in [-0.2, -0.15) is 0 Å². The maximum Gasteiger partial charge on any atom is 0.233 e. The number of halogens is 2. The van der Waals surface area contributed by atoms with Gasteiger partial charge in [0.15, 0.2) is 0 Å². The Kier molecular flexibility index (Phi) is 13.0. The second-order valence-corrected chi connectivity index (χ2v) is 5.28. The lowest BCUT2D eigenvalue weighted by Gasteiger charge is -2.32. The highest BCUT2D eigenvalue weighted by Gasteiger charge is 2.25. The molecule has 1 amide bonds. The number of hydrogen-bond donors (Lipinski definition) is 2. The van der Waals surface area contributed by atoms with Gasteiger partial charge in [-0.1, -0.05) is 20.8 Å². The van der Waals surface area contributed by atoms with Crippen LogP contribution in [0.1, 0.15) is 27.2 Å². The summed E-state index contributed by atoms with van der Waals surface area (Å²) in [6.45, 7) is 7.42. The zero-order valence-electron chi connectivity index (χ0n) is 11.4. The van der Waals surface area contributed by atoms with Crippen molar-refractivity contribution in [2.45, 2.75) is 33.2 Å². The van der Waals surface area contributed by atoms with E-state index in [9.17, 15) is 4.79 Å². The number of carbonyl (C=O) groups is 1. The minimum absolute atomic E-state index is 0. The van der Waals surface area contributed by atoms with Gasteiger partial charge in [-0.25, -0.2) is 0 Å². The molecule has 0 saturated carbocycles. The van der Waals surface area contributed by atoms with E-state index >= 15 is 0 Å². The van der Waals surface area contributed by atoms with E-state index < -0.39 is 0 Å². The van der Waals surface area contributed by atoms with Gasteiger partial charge < -0.3 is 16.0 Å². The largest absolute Gasteiger partial charge is 0.352 e. The van der Waals surface area contributed by atoms with Crippen molar-refractivity contribution in [3.63, 3.8) is 0 Å². The topological polar surface area (TPSA) is 58.4 Å². The standard InChI is InChI=1S/C11H25N3O.2ClH/c1-11(2,3)9(6-7-14(4)5)13-10(15)8-12;;/h9H,6-8,12H2,1-5H3,(H,13,15);2*1H. The van der Waals surface area contributed by atoms with Crippen LogP contribution in [0.3, 0.4) is 0 Å². The third-order valence-electron chi connectivity index (χ3n) is 2.43. The Labute approximate surface area is 118 Å². The van der Waals surface area contributed by atoms with Crippen LogP contribution in [0.4, 0.5) is 0 Å². The van der Waals surface area contributed by atoms with Gasteiger partial charge in [-0.3, -0.25) is 4.79 Å². The molecule has 0 aromatic rings. The molecule has 0 aromatic carbocycles. The lowest BCUT2D eigenvalue weighted by molar-refractivity contribution is -0.121. The summed E-state index contributed by atoms with van der Waals surface area (Å²) in [5.41, 5.74) is 5.37. The van der Waals surface area contributed by atoms with Crippen molar-refractivity contribution < 1.29 is 4.79 Å². The van der Waals surface area contributed by atoms with Crippen LogP contribution in [0.25, 0.3) is 0 Å². The van der Waals surface area contributed by atoms with Gasteiger partial charge in [0.1, 0.15) is 0 Å². The smallest absolute Gasteiger partial charge is 0.233 e. The highest BCUT2D eigenvalue weighted by Crippen LogP contribution is 2.21. The number of carbonyl (C=O) groups excluding carboxylic acids is 1. The molecule has 0 aliphatic heterocycles. The Morgan fingerprint density at radius 3 is 2.06 bits per heavy atom. The summed E-state index contributed by atoms with van der Waals surface area (Å²) in [6.07, 6.45) is 0.947. The Morgan fingerprint density at radius 1 is 1.29 bits per heavy atom. The SMILES string of the molecule is CN(C)CCC(NC(=O)CN)C(C)(C)C.Cl.Cl. The van der Waals surface area contributed by atoms with Gasteiger partial charge in [-0.15, -0.1) is 24.8 Å². The number of nitrogens with two attached hydrogens (primary N) is 1. The van der Waals surface area contributed by atoms with Crippen LogP contribution in [0, 0.1) is 5.41 Å². The highest BCUT2D eigenvalue weighted by molar-refractivity contribution is 5.85. The van der Waals surface area contributed by atoms with Gasteiger partial charge >= 0.3 is 0 Å². The first-order valence-electron chi connectivity index (χ1n) is 5.41. The van der Waals surface area contributed by atoms with E-state index in [1.54, 1.807) is 0 Å². The van der Waals surface area contributed by atoms with Crippen molar-refractivity contribution in [2.75, 3.05) is 27.2 Å². The fraction of sp³-hybridized carbons (Fsp3) is 0.909. The molecule has 17 heavy (non-hydrogen) atoms. The van der Waals surface area contributed by atoms with Crippen LogP contribution in [-0.4, -0.2) is 44.0 Å². The van der Waals surface area contributed by atoms with E-state index in [-0.39, 0.29) is 48.7 Å². The van der Waals surface area contributed by atoms with Crippen molar-refractivity contribution in [1.82, 2.24) is 10.2 Å². The second-order valence-electron chi connectivity index (χ2n) is 5.28. The molecule has 0 fully saturated rings. The van der Waals surface area contributed by atoms with Crippen molar-refractivity contribution >= 4 is 30.7 Å². The average Bonchev–Trinajstić information content (AvgIpc) is 2.09. The molecule has 0 aliphatic rings. The molecule has 1 atom stereocenters. The van der Waals surface area contributed by atoms with Crippen LogP contribution in [-0.2, 0) is 4.79 Å². The first-order valence-corrected chi connectivity index (χ1v) is 5.41. The van der Waals surface area contributed by atoms with Crippen molar-refractivity contribution in [2.24, 2.45) is 11.1 Å².